The highest BCUT2D eigenvalue weighted by Gasteiger charge is 2.33. The monoisotopic (exact) mass is 249 g/mol. The van der Waals surface area contributed by atoms with Crippen LogP contribution in [0.2, 0.25) is 0 Å². The van der Waals surface area contributed by atoms with Crippen LogP contribution in [-0.2, 0) is 0 Å². The van der Waals surface area contributed by atoms with Crippen molar-refractivity contribution in [2.45, 2.75) is 31.7 Å². The minimum Gasteiger partial charge on any atom is -0.310 e. The molecule has 1 N–H and O–H groups in total. The van der Waals surface area contributed by atoms with Crippen LogP contribution in [0.4, 0.5) is 0 Å². The fourth-order valence-electron chi connectivity index (χ4n) is 3.69. The van der Waals surface area contributed by atoms with Crippen LogP contribution in [0, 0.1) is 6.92 Å². The van der Waals surface area contributed by atoms with E-state index in [2.05, 4.69) is 54.7 Å². The van der Waals surface area contributed by atoms with Gasteiger partial charge in [0.1, 0.15) is 0 Å². The molecule has 2 bridgehead atoms. The Morgan fingerprint density at radius 3 is 2.79 bits per heavy atom. The number of rotatable bonds is 1. The standard InChI is InChI=1S/C18H19N/c1-12-3-2-4-13(9-12)14-5-6-16-15-7-8-19-18(11-15)17(16)10-14/h2-6,9-10,15,18-19H,7-8,11H2,1H3/t15-,18?/m1/s1. The van der Waals surface area contributed by atoms with Crippen molar-refractivity contribution in [3.8, 4) is 11.1 Å². The van der Waals surface area contributed by atoms with Gasteiger partial charge in [-0.05, 0) is 60.5 Å². The van der Waals surface area contributed by atoms with Crippen molar-refractivity contribution >= 4 is 0 Å². The predicted molar refractivity (Wildman–Crippen MR) is 79.3 cm³/mol. The number of benzene rings is 2. The van der Waals surface area contributed by atoms with E-state index in [0.717, 1.165) is 5.92 Å². The minimum absolute atomic E-state index is 0.596. The Balaban J connectivity index is 1.81. The molecule has 1 nitrogen and oxygen atoms in total. The quantitative estimate of drug-likeness (QED) is 0.799. The molecule has 1 fully saturated rings. The van der Waals surface area contributed by atoms with Gasteiger partial charge >= 0.3 is 0 Å². The van der Waals surface area contributed by atoms with Gasteiger partial charge in [-0.3, -0.25) is 0 Å². The van der Waals surface area contributed by atoms with Crippen molar-refractivity contribution in [1.82, 2.24) is 5.32 Å². The lowest BCUT2D eigenvalue weighted by molar-refractivity contribution is 0.410. The molecule has 2 aromatic rings. The summed E-state index contributed by atoms with van der Waals surface area (Å²) in [6.07, 6.45) is 2.60. The second-order valence-corrected chi connectivity index (χ2v) is 5.94. The van der Waals surface area contributed by atoms with E-state index in [1.165, 1.54) is 36.1 Å². The van der Waals surface area contributed by atoms with E-state index >= 15 is 0 Å². The molecule has 2 aliphatic rings. The molecular formula is C18H19N. The number of hydrogen-bond acceptors (Lipinski definition) is 1. The van der Waals surface area contributed by atoms with Crippen molar-refractivity contribution in [1.29, 1.82) is 0 Å². The van der Waals surface area contributed by atoms with Crippen molar-refractivity contribution in [3.63, 3.8) is 0 Å². The van der Waals surface area contributed by atoms with E-state index in [4.69, 9.17) is 0 Å². The molecule has 19 heavy (non-hydrogen) atoms. The second-order valence-electron chi connectivity index (χ2n) is 5.94. The topological polar surface area (TPSA) is 12.0 Å². The summed E-state index contributed by atoms with van der Waals surface area (Å²) in [6, 6.07) is 16.5. The molecule has 1 aliphatic carbocycles. The third kappa shape index (κ3) is 1.81. The van der Waals surface area contributed by atoms with Gasteiger partial charge in [-0.2, -0.15) is 0 Å². The Labute approximate surface area is 114 Å². The first kappa shape index (κ1) is 11.2. The van der Waals surface area contributed by atoms with Crippen molar-refractivity contribution in [2.24, 2.45) is 0 Å². The molecule has 1 heterocycles. The predicted octanol–water partition coefficient (Wildman–Crippen LogP) is 4.18. The zero-order chi connectivity index (χ0) is 12.8. The average Bonchev–Trinajstić information content (AvgIpc) is 2.70. The van der Waals surface area contributed by atoms with E-state index in [-0.39, 0.29) is 0 Å². The zero-order valence-electron chi connectivity index (χ0n) is 11.3. The maximum absolute atomic E-state index is 3.66. The van der Waals surface area contributed by atoms with E-state index in [9.17, 15) is 0 Å². The molecule has 1 aliphatic heterocycles. The van der Waals surface area contributed by atoms with Crippen LogP contribution < -0.4 is 5.32 Å². The number of nitrogens with one attached hydrogen (secondary N) is 1. The van der Waals surface area contributed by atoms with Crippen molar-refractivity contribution in [2.75, 3.05) is 6.54 Å². The Kier molecular flexibility index (Phi) is 2.49. The van der Waals surface area contributed by atoms with Crippen LogP contribution >= 0.6 is 0 Å². The van der Waals surface area contributed by atoms with Crippen LogP contribution in [-0.4, -0.2) is 6.54 Å². The van der Waals surface area contributed by atoms with Gasteiger partial charge in [-0.15, -0.1) is 0 Å². The van der Waals surface area contributed by atoms with Gasteiger partial charge in [0.05, 0.1) is 0 Å². The van der Waals surface area contributed by atoms with E-state index < -0.39 is 0 Å². The van der Waals surface area contributed by atoms with Gasteiger partial charge in [0, 0.05) is 6.04 Å². The summed E-state index contributed by atoms with van der Waals surface area (Å²) in [7, 11) is 0. The lowest BCUT2D eigenvalue weighted by Crippen LogP contribution is -2.25. The smallest absolute Gasteiger partial charge is 0.0329 e. The molecule has 1 saturated heterocycles. The first-order valence-corrected chi connectivity index (χ1v) is 7.25. The Morgan fingerprint density at radius 1 is 1.00 bits per heavy atom. The summed E-state index contributed by atoms with van der Waals surface area (Å²) in [5.74, 6) is 0.799. The molecule has 1 unspecified atom stereocenters. The molecule has 0 radical (unpaired) electrons. The summed E-state index contributed by atoms with van der Waals surface area (Å²) in [4.78, 5) is 0. The maximum Gasteiger partial charge on any atom is 0.0329 e. The molecule has 0 saturated carbocycles. The molecule has 1 heteroatoms. The molecule has 4 rings (SSSR count). The van der Waals surface area contributed by atoms with Gasteiger partial charge in [0.15, 0.2) is 0 Å². The van der Waals surface area contributed by atoms with Crippen LogP contribution in [0.15, 0.2) is 42.5 Å². The van der Waals surface area contributed by atoms with E-state index in [1.807, 2.05) is 0 Å². The number of aryl methyl sites for hydroxylation is 1. The molecule has 2 aromatic carbocycles. The summed E-state index contributed by atoms with van der Waals surface area (Å²) in [6.45, 7) is 3.33. The second kappa shape index (κ2) is 4.21. The molecule has 0 spiro atoms. The van der Waals surface area contributed by atoms with Crippen LogP contribution in [0.5, 0.6) is 0 Å². The van der Waals surface area contributed by atoms with Gasteiger partial charge in [0.2, 0.25) is 0 Å². The number of piperidine rings is 1. The van der Waals surface area contributed by atoms with E-state index in [0.29, 0.717) is 6.04 Å². The fraction of sp³-hybridized carbons (Fsp3) is 0.333. The van der Waals surface area contributed by atoms with Gasteiger partial charge < -0.3 is 5.32 Å². The summed E-state index contributed by atoms with van der Waals surface area (Å²) in [5, 5.41) is 3.66. The lowest BCUT2D eigenvalue weighted by atomic mass is 9.95. The van der Waals surface area contributed by atoms with Crippen LogP contribution in [0.1, 0.15) is 41.5 Å². The zero-order valence-corrected chi connectivity index (χ0v) is 11.3. The SMILES string of the molecule is Cc1cccc(-c2ccc3c(c2)C2C[C@H]3CCN2)c1. The first-order chi connectivity index (χ1) is 9.31. The third-order valence-electron chi connectivity index (χ3n) is 4.66. The third-order valence-corrected chi connectivity index (χ3v) is 4.66. The molecule has 2 atom stereocenters. The number of hydrogen-bond donors (Lipinski definition) is 1. The maximum atomic E-state index is 3.66. The highest BCUT2D eigenvalue weighted by molar-refractivity contribution is 5.66. The molecular weight excluding hydrogens is 230 g/mol. The summed E-state index contributed by atoms with van der Waals surface area (Å²) in [5.41, 5.74) is 7.16. The minimum atomic E-state index is 0.596. The number of fused-ring (bicyclic) bond motifs is 5. The Hall–Kier alpha value is -1.60. The summed E-state index contributed by atoms with van der Waals surface area (Å²) < 4.78 is 0. The van der Waals surface area contributed by atoms with Crippen LogP contribution in [0.3, 0.4) is 0 Å². The van der Waals surface area contributed by atoms with Gasteiger partial charge in [-0.1, -0.05) is 42.0 Å². The average molecular weight is 249 g/mol. The normalized spacial score (nSPS) is 24.3. The Morgan fingerprint density at radius 2 is 1.89 bits per heavy atom. The molecule has 0 amide bonds. The van der Waals surface area contributed by atoms with Gasteiger partial charge in [0.25, 0.3) is 0 Å². The van der Waals surface area contributed by atoms with Crippen molar-refractivity contribution < 1.29 is 0 Å². The van der Waals surface area contributed by atoms with E-state index in [1.54, 1.807) is 11.1 Å². The highest BCUT2D eigenvalue weighted by atomic mass is 14.9. The molecule has 96 valence electrons. The van der Waals surface area contributed by atoms with Crippen molar-refractivity contribution in [3.05, 3.63) is 59.2 Å². The first-order valence-electron chi connectivity index (χ1n) is 7.25. The summed E-state index contributed by atoms with van der Waals surface area (Å²) >= 11 is 0. The Bertz CT molecular complexity index is 629. The highest BCUT2D eigenvalue weighted by Crippen LogP contribution is 2.45. The van der Waals surface area contributed by atoms with Gasteiger partial charge in [-0.25, -0.2) is 0 Å². The fourth-order valence-corrected chi connectivity index (χ4v) is 3.69. The van der Waals surface area contributed by atoms with Crippen LogP contribution in [0.25, 0.3) is 11.1 Å². The largest absolute Gasteiger partial charge is 0.310 e. The lowest BCUT2D eigenvalue weighted by Gasteiger charge is -2.20. The molecule has 0 aromatic heterocycles.